The summed E-state index contributed by atoms with van der Waals surface area (Å²) < 4.78 is 18.3. The molecule has 0 unspecified atom stereocenters. The maximum atomic E-state index is 12.9. The Labute approximate surface area is 144 Å². The van der Waals surface area contributed by atoms with Crippen LogP contribution >= 0.6 is 0 Å². The third kappa shape index (κ3) is 3.33. The number of halogens is 1. The molecule has 1 aliphatic heterocycles. The fourth-order valence-electron chi connectivity index (χ4n) is 2.75. The maximum absolute atomic E-state index is 12.9. The monoisotopic (exact) mass is 343 g/mol. The van der Waals surface area contributed by atoms with Crippen molar-refractivity contribution >= 4 is 11.7 Å². The van der Waals surface area contributed by atoms with Gasteiger partial charge < -0.3 is 14.4 Å². The van der Waals surface area contributed by atoms with Crippen LogP contribution in [0, 0.1) is 5.82 Å². The fraction of sp³-hybridized carbons (Fsp3) is 0.263. The van der Waals surface area contributed by atoms with Crippen LogP contribution in [-0.4, -0.2) is 34.3 Å². The summed E-state index contributed by atoms with van der Waals surface area (Å²) in [7, 11) is 0. The second-order valence-electron chi connectivity index (χ2n) is 6.31. The number of benzene rings is 1. The molecule has 130 valence electrons. The lowest BCUT2D eigenvalue weighted by Gasteiger charge is -2.20. The molecule has 25 heavy (non-hydrogen) atoms. The quantitative estimate of drug-likeness (QED) is 0.846. The van der Waals surface area contributed by atoms with Gasteiger partial charge in [-0.2, -0.15) is 0 Å². The molecule has 2 heterocycles. The van der Waals surface area contributed by atoms with Crippen molar-refractivity contribution in [1.82, 2.24) is 4.90 Å². The van der Waals surface area contributed by atoms with Crippen LogP contribution in [0.5, 0.6) is 0 Å². The normalized spacial score (nSPS) is 14.7. The molecule has 0 bridgehead atoms. The number of hydrogen-bond donors (Lipinski definition) is 1. The van der Waals surface area contributed by atoms with Gasteiger partial charge in [0.2, 0.25) is 5.78 Å². The number of furan rings is 1. The van der Waals surface area contributed by atoms with E-state index in [2.05, 4.69) is 0 Å². The first kappa shape index (κ1) is 17.0. The lowest BCUT2D eigenvalue weighted by molar-refractivity contribution is -0.129. The summed E-state index contributed by atoms with van der Waals surface area (Å²) in [6, 6.07) is 7.52. The zero-order chi connectivity index (χ0) is 18.1. The standard InChI is InChI=1S/C19H18FNO4/c1-11(2)21-9-15(18(23)19(21)24)17(22)16-8-13(10-25-16)7-12-3-5-14(20)6-4-12/h3-6,8,10-11,23H,7,9H2,1-2H3. The molecule has 0 saturated heterocycles. The van der Waals surface area contributed by atoms with E-state index in [0.29, 0.717) is 6.42 Å². The molecule has 0 spiro atoms. The Morgan fingerprint density at radius 3 is 2.56 bits per heavy atom. The first-order chi connectivity index (χ1) is 11.9. The second-order valence-corrected chi connectivity index (χ2v) is 6.31. The van der Waals surface area contributed by atoms with Gasteiger partial charge in [0.1, 0.15) is 5.82 Å². The van der Waals surface area contributed by atoms with Gasteiger partial charge >= 0.3 is 0 Å². The van der Waals surface area contributed by atoms with Crippen molar-refractivity contribution in [1.29, 1.82) is 0 Å². The molecular weight excluding hydrogens is 325 g/mol. The van der Waals surface area contributed by atoms with Gasteiger partial charge in [0.05, 0.1) is 18.4 Å². The van der Waals surface area contributed by atoms with Gasteiger partial charge in [-0.3, -0.25) is 9.59 Å². The predicted octanol–water partition coefficient (Wildman–Crippen LogP) is 3.25. The molecule has 1 aliphatic rings. The van der Waals surface area contributed by atoms with Crippen LogP contribution in [0.3, 0.4) is 0 Å². The molecule has 1 aromatic heterocycles. The summed E-state index contributed by atoms with van der Waals surface area (Å²) >= 11 is 0. The molecule has 0 fully saturated rings. The largest absolute Gasteiger partial charge is 0.503 e. The van der Waals surface area contributed by atoms with Crippen LogP contribution < -0.4 is 0 Å². The molecule has 0 aliphatic carbocycles. The van der Waals surface area contributed by atoms with E-state index in [-0.39, 0.29) is 29.7 Å². The molecule has 5 nitrogen and oxygen atoms in total. The Kier molecular flexibility index (Phi) is 4.44. The lowest BCUT2D eigenvalue weighted by atomic mass is 10.1. The Morgan fingerprint density at radius 1 is 1.28 bits per heavy atom. The number of carbonyl (C=O) groups is 2. The van der Waals surface area contributed by atoms with Crippen molar-refractivity contribution in [2.24, 2.45) is 0 Å². The van der Waals surface area contributed by atoms with E-state index >= 15 is 0 Å². The Morgan fingerprint density at radius 2 is 1.96 bits per heavy atom. The van der Waals surface area contributed by atoms with E-state index in [1.165, 1.54) is 23.3 Å². The summed E-state index contributed by atoms with van der Waals surface area (Å²) in [5.74, 6) is -1.81. The summed E-state index contributed by atoms with van der Waals surface area (Å²) in [6.45, 7) is 3.69. The summed E-state index contributed by atoms with van der Waals surface area (Å²) in [5.41, 5.74) is 1.67. The van der Waals surface area contributed by atoms with Crippen LogP contribution in [0.15, 0.2) is 52.3 Å². The summed E-state index contributed by atoms with van der Waals surface area (Å²) in [6.07, 6.45) is 1.93. The van der Waals surface area contributed by atoms with E-state index in [1.54, 1.807) is 18.2 Å². The van der Waals surface area contributed by atoms with Gasteiger partial charge in [-0.05, 0) is 43.2 Å². The van der Waals surface area contributed by atoms with E-state index in [1.807, 2.05) is 13.8 Å². The van der Waals surface area contributed by atoms with Crippen molar-refractivity contribution in [3.05, 3.63) is 70.6 Å². The number of nitrogens with zero attached hydrogens (tertiary/aromatic N) is 1. The third-order valence-corrected chi connectivity index (χ3v) is 4.17. The molecule has 3 rings (SSSR count). The number of hydrogen-bond acceptors (Lipinski definition) is 4. The number of rotatable bonds is 5. The number of aliphatic hydroxyl groups excluding tert-OH is 1. The molecule has 1 aromatic carbocycles. The minimum atomic E-state index is -0.545. The lowest BCUT2D eigenvalue weighted by Crippen LogP contribution is -2.34. The van der Waals surface area contributed by atoms with Crippen LogP contribution in [-0.2, 0) is 11.2 Å². The maximum Gasteiger partial charge on any atom is 0.289 e. The Balaban J connectivity index is 1.77. The SMILES string of the molecule is CC(C)N1CC(C(=O)c2cc(Cc3ccc(F)cc3)co2)=C(O)C1=O. The average Bonchev–Trinajstić information content (AvgIpc) is 3.15. The Bertz CT molecular complexity index is 849. The van der Waals surface area contributed by atoms with Crippen molar-refractivity contribution in [2.45, 2.75) is 26.3 Å². The number of amides is 1. The van der Waals surface area contributed by atoms with Gasteiger partial charge in [0.15, 0.2) is 11.5 Å². The van der Waals surface area contributed by atoms with Gasteiger partial charge in [-0.15, -0.1) is 0 Å². The number of ketones is 1. The zero-order valence-corrected chi connectivity index (χ0v) is 14.0. The molecular formula is C19H18FNO4. The van der Waals surface area contributed by atoms with E-state index in [0.717, 1.165) is 11.1 Å². The van der Waals surface area contributed by atoms with E-state index in [4.69, 9.17) is 4.42 Å². The van der Waals surface area contributed by atoms with Crippen molar-refractivity contribution in [3.8, 4) is 0 Å². The second kappa shape index (κ2) is 6.55. The van der Waals surface area contributed by atoms with Gasteiger partial charge in [-0.1, -0.05) is 12.1 Å². The van der Waals surface area contributed by atoms with Gasteiger partial charge in [0.25, 0.3) is 5.91 Å². The number of carbonyl (C=O) groups excluding carboxylic acids is 2. The minimum Gasteiger partial charge on any atom is -0.503 e. The van der Waals surface area contributed by atoms with E-state index < -0.39 is 17.4 Å². The number of Topliss-reactive ketones (excluding diaryl/α,β-unsaturated/α-hetero) is 1. The molecule has 6 heteroatoms. The predicted molar refractivity (Wildman–Crippen MR) is 88.7 cm³/mol. The third-order valence-electron chi connectivity index (χ3n) is 4.17. The van der Waals surface area contributed by atoms with Crippen LogP contribution in [0.1, 0.15) is 35.5 Å². The fourth-order valence-corrected chi connectivity index (χ4v) is 2.75. The summed E-state index contributed by atoms with van der Waals surface area (Å²) in [4.78, 5) is 25.9. The van der Waals surface area contributed by atoms with E-state index in [9.17, 15) is 19.1 Å². The smallest absolute Gasteiger partial charge is 0.289 e. The highest BCUT2D eigenvalue weighted by atomic mass is 19.1. The minimum absolute atomic E-state index is 0.0429. The molecule has 0 atom stereocenters. The first-order valence-corrected chi connectivity index (χ1v) is 7.96. The zero-order valence-electron chi connectivity index (χ0n) is 14.0. The highest BCUT2D eigenvalue weighted by molar-refractivity contribution is 6.14. The molecule has 1 N–H and O–H groups in total. The molecule has 2 aromatic rings. The summed E-state index contributed by atoms with van der Waals surface area (Å²) in [5, 5.41) is 9.97. The first-order valence-electron chi connectivity index (χ1n) is 7.96. The van der Waals surface area contributed by atoms with Crippen LogP contribution in [0.2, 0.25) is 0 Å². The van der Waals surface area contributed by atoms with Gasteiger partial charge in [0, 0.05) is 12.5 Å². The highest BCUT2D eigenvalue weighted by Crippen LogP contribution is 2.24. The van der Waals surface area contributed by atoms with Crippen LogP contribution in [0.25, 0.3) is 0 Å². The number of aliphatic hydroxyl groups is 1. The molecule has 0 saturated carbocycles. The van der Waals surface area contributed by atoms with Crippen molar-refractivity contribution in [2.75, 3.05) is 6.54 Å². The molecule has 0 radical (unpaired) electrons. The van der Waals surface area contributed by atoms with Crippen molar-refractivity contribution in [3.63, 3.8) is 0 Å². The van der Waals surface area contributed by atoms with Crippen molar-refractivity contribution < 1.29 is 23.5 Å². The molecule has 1 amide bonds. The Hall–Kier alpha value is -2.89. The topological polar surface area (TPSA) is 70.8 Å². The average molecular weight is 343 g/mol. The van der Waals surface area contributed by atoms with Crippen LogP contribution in [0.4, 0.5) is 4.39 Å². The highest BCUT2D eigenvalue weighted by Gasteiger charge is 2.36. The van der Waals surface area contributed by atoms with Gasteiger partial charge in [-0.25, -0.2) is 4.39 Å².